The maximum absolute atomic E-state index is 12.8. The number of fused-ring (bicyclic) bond motifs is 1. The topological polar surface area (TPSA) is 62.7 Å². The van der Waals surface area contributed by atoms with Crippen LogP contribution in [0.1, 0.15) is 45.8 Å². The van der Waals surface area contributed by atoms with Gasteiger partial charge in [-0.3, -0.25) is 4.79 Å². The predicted octanol–water partition coefficient (Wildman–Crippen LogP) is 4.77. The van der Waals surface area contributed by atoms with Crippen LogP contribution >= 0.6 is 0 Å². The molecule has 2 heterocycles. The minimum absolute atomic E-state index is 0.118. The molecule has 0 aliphatic rings. The van der Waals surface area contributed by atoms with Gasteiger partial charge in [-0.25, -0.2) is 4.68 Å². The summed E-state index contributed by atoms with van der Waals surface area (Å²) in [6.45, 7) is 8.12. The second-order valence-corrected chi connectivity index (χ2v) is 7.35. The van der Waals surface area contributed by atoms with E-state index in [2.05, 4.69) is 41.4 Å². The summed E-state index contributed by atoms with van der Waals surface area (Å²) >= 11 is 0. The average Bonchev–Trinajstić information content (AvgIpc) is 3.26. The lowest BCUT2D eigenvalue weighted by Crippen LogP contribution is -2.27. The van der Waals surface area contributed by atoms with E-state index >= 15 is 0 Å². The highest BCUT2D eigenvalue weighted by molar-refractivity contribution is 5.99. The third-order valence-corrected chi connectivity index (χ3v) is 5.20. The van der Waals surface area contributed by atoms with E-state index in [1.54, 1.807) is 0 Å². The second kappa shape index (κ2) is 7.00. The number of para-hydroxylation sites is 1. The van der Waals surface area contributed by atoms with Crippen molar-refractivity contribution in [2.24, 2.45) is 0 Å². The molecule has 142 valence electrons. The van der Waals surface area contributed by atoms with Crippen molar-refractivity contribution in [3.63, 3.8) is 0 Å². The van der Waals surface area contributed by atoms with Gasteiger partial charge in [-0.15, -0.1) is 0 Å². The summed E-state index contributed by atoms with van der Waals surface area (Å²) in [5.74, 6) is -0.118. The number of aromatic nitrogens is 3. The number of H-pyrrole nitrogens is 1. The Hall–Kier alpha value is -3.34. The number of carbonyl (C=O) groups is 1. The molecule has 4 rings (SSSR count). The number of aryl methyl sites for hydroxylation is 2. The molecule has 5 nitrogen and oxygen atoms in total. The molecule has 0 radical (unpaired) electrons. The molecule has 1 unspecified atom stereocenters. The lowest BCUT2D eigenvalue weighted by Gasteiger charge is -2.13. The Morgan fingerprint density at radius 2 is 1.86 bits per heavy atom. The number of amides is 1. The van der Waals surface area contributed by atoms with Crippen LogP contribution in [0.15, 0.2) is 54.7 Å². The molecule has 28 heavy (non-hydrogen) atoms. The van der Waals surface area contributed by atoms with Gasteiger partial charge < -0.3 is 10.3 Å². The maximum atomic E-state index is 12.8. The number of hydrogen-bond acceptors (Lipinski definition) is 2. The fourth-order valence-corrected chi connectivity index (χ4v) is 3.75. The van der Waals surface area contributed by atoms with Gasteiger partial charge in [0, 0.05) is 22.2 Å². The van der Waals surface area contributed by atoms with E-state index in [4.69, 9.17) is 0 Å². The Labute approximate surface area is 164 Å². The Balaban J connectivity index is 1.57. The van der Waals surface area contributed by atoms with Gasteiger partial charge in [0.1, 0.15) is 5.69 Å². The molecule has 2 aromatic heterocycles. The van der Waals surface area contributed by atoms with Crippen LogP contribution in [0.25, 0.3) is 16.6 Å². The van der Waals surface area contributed by atoms with Crippen LogP contribution in [0.3, 0.4) is 0 Å². The van der Waals surface area contributed by atoms with Crippen LogP contribution in [-0.4, -0.2) is 20.7 Å². The van der Waals surface area contributed by atoms with Gasteiger partial charge in [0.15, 0.2) is 0 Å². The van der Waals surface area contributed by atoms with E-state index in [9.17, 15) is 4.79 Å². The Morgan fingerprint density at radius 3 is 2.61 bits per heavy atom. The summed E-state index contributed by atoms with van der Waals surface area (Å²) in [4.78, 5) is 16.1. The summed E-state index contributed by atoms with van der Waals surface area (Å²) in [5, 5.41) is 8.67. The number of aromatic amines is 1. The van der Waals surface area contributed by atoms with Crippen molar-refractivity contribution in [1.82, 2.24) is 20.1 Å². The highest BCUT2D eigenvalue weighted by Gasteiger charge is 2.18. The van der Waals surface area contributed by atoms with Crippen molar-refractivity contribution >= 4 is 16.8 Å². The third kappa shape index (κ3) is 3.20. The first-order valence-corrected chi connectivity index (χ1v) is 9.45. The van der Waals surface area contributed by atoms with Crippen LogP contribution < -0.4 is 5.32 Å². The Morgan fingerprint density at radius 1 is 1.11 bits per heavy atom. The molecule has 0 spiro atoms. The number of carbonyl (C=O) groups excluding carboxylic acids is 1. The zero-order chi connectivity index (χ0) is 19.8. The van der Waals surface area contributed by atoms with Crippen LogP contribution in [0.2, 0.25) is 0 Å². The average molecular weight is 372 g/mol. The highest BCUT2D eigenvalue weighted by Crippen LogP contribution is 2.23. The van der Waals surface area contributed by atoms with Crippen molar-refractivity contribution in [2.75, 3.05) is 0 Å². The zero-order valence-electron chi connectivity index (χ0n) is 16.6. The largest absolute Gasteiger partial charge is 0.351 e. The summed E-state index contributed by atoms with van der Waals surface area (Å²) in [7, 11) is 0. The first kappa shape index (κ1) is 18.0. The van der Waals surface area contributed by atoms with Crippen molar-refractivity contribution in [3.05, 3.63) is 82.8 Å². The minimum Gasteiger partial charge on any atom is -0.351 e. The number of nitrogens with one attached hydrogen (secondary N) is 2. The van der Waals surface area contributed by atoms with Crippen LogP contribution in [-0.2, 0) is 0 Å². The fraction of sp³-hybridized carbons (Fsp3) is 0.217. The van der Waals surface area contributed by atoms with Gasteiger partial charge in [-0.2, -0.15) is 5.10 Å². The zero-order valence-corrected chi connectivity index (χ0v) is 16.6. The second-order valence-electron chi connectivity index (χ2n) is 7.35. The molecular formula is C23H24N4O. The molecule has 2 aromatic carbocycles. The predicted molar refractivity (Wildman–Crippen MR) is 112 cm³/mol. The SMILES string of the molecule is Cc1cc(C)c2cc(C(=O)NC(C)c3cnn(-c4ccccc4)c3C)[nH]c2c1. The molecule has 0 aliphatic heterocycles. The minimum atomic E-state index is -0.154. The summed E-state index contributed by atoms with van der Waals surface area (Å²) in [6, 6.07) is 15.9. The molecule has 0 fully saturated rings. The standard InChI is InChI=1S/C23H24N4O/c1-14-10-15(2)19-12-22(26-21(19)11-14)23(28)25-16(3)20-13-24-27(17(20)4)18-8-6-5-7-9-18/h5-13,16,26H,1-4H3,(H,25,28). The molecule has 0 aliphatic carbocycles. The Kier molecular flexibility index (Phi) is 4.51. The fourth-order valence-electron chi connectivity index (χ4n) is 3.75. The molecular weight excluding hydrogens is 348 g/mol. The van der Waals surface area contributed by atoms with Crippen molar-refractivity contribution in [3.8, 4) is 5.69 Å². The van der Waals surface area contributed by atoms with Crippen LogP contribution in [0.4, 0.5) is 0 Å². The van der Waals surface area contributed by atoms with Gasteiger partial charge in [0.25, 0.3) is 5.91 Å². The molecule has 4 aromatic rings. The molecule has 1 atom stereocenters. The molecule has 0 bridgehead atoms. The smallest absolute Gasteiger partial charge is 0.268 e. The number of rotatable bonds is 4. The summed E-state index contributed by atoms with van der Waals surface area (Å²) in [6.07, 6.45) is 1.83. The monoisotopic (exact) mass is 372 g/mol. The lowest BCUT2D eigenvalue weighted by molar-refractivity contribution is 0.0935. The van der Waals surface area contributed by atoms with E-state index in [-0.39, 0.29) is 11.9 Å². The first-order valence-electron chi connectivity index (χ1n) is 9.45. The van der Waals surface area contributed by atoms with Gasteiger partial charge in [-0.1, -0.05) is 24.3 Å². The van der Waals surface area contributed by atoms with E-state index in [0.717, 1.165) is 27.8 Å². The number of nitrogens with zero attached hydrogens (tertiary/aromatic N) is 2. The van der Waals surface area contributed by atoms with Crippen molar-refractivity contribution in [2.45, 2.75) is 33.7 Å². The van der Waals surface area contributed by atoms with Gasteiger partial charge in [0.2, 0.25) is 0 Å². The van der Waals surface area contributed by atoms with Gasteiger partial charge in [0.05, 0.1) is 17.9 Å². The maximum Gasteiger partial charge on any atom is 0.268 e. The number of hydrogen-bond donors (Lipinski definition) is 2. The molecule has 5 heteroatoms. The number of benzene rings is 2. The third-order valence-electron chi connectivity index (χ3n) is 5.20. The lowest BCUT2D eigenvalue weighted by atomic mass is 10.1. The van der Waals surface area contributed by atoms with Crippen molar-refractivity contribution < 1.29 is 4.79 Å². The van der Waals surface area contributed by atoms with E-state index < -0.39 is 0 Å². The Bertz CT molecular complexity index is 1150. The highest BCUT2D eigenvalue weighted by atomic mass is 16.1. The summed E-state index contributed by atoms with van der Waals surface area (Å²) in [5.41, 5.74) is 6.93. The van der Waals surface area contributed by atoms with Crippen LogP contribution in [0, 0.1) is 20.8 Å². The van der Waals surface area contributed by atoms with E-state index in [0.29, 0.717) is 5.69 Å². The van der Waals surface area contributed by atoms with E-state index in [1.165, 1.54) is 11.1 Å². The summed E-state index contributed by atoms with van der Waals surface area (Å²) < 4.78 is 1.90. The van der Waals surface area contributed by atoms with Gasteiger partial charge >= 0.3 is 0 Å². The molecule has 2 N–H and O–H groups in total. The molecule has 1 amide bonds. The van der Waals surface area contributed by atoms with Gasteiger partial charge in [-0.05, 0) is 63.1 Å². The first-order chi connectivity index (χ1) is 13.4. The van der Waals surface area contributed by atoms with E-state index in [1.807, 2.05) is 61.1 Å². The van der Waals surface area contributed by atoms with Crippen molar-refractivity contribution in [1.29, 1.82) is 0 Å². The molecule has 0 saturated carbocycles. The molecule has 0 saturated heterocycles. The van der Waals surface area contributed by atoms with Crippen LogP contribution in [0.5, 0.6) is 0 Å². The normalized spacial score (nSPS) is 12.3. The quantitative estimate of drug-likeness (QED) is 0.542.